The first-order valence-corrected chi connectivity index (χ1v) is 5.55. The Balaban J connectivity index is 2.24. The van der Waals surface area contributed by atoms with Gasteiger partial charge >= 0.3 is 0 Å². The van der Waals surface area contributed by atoms with E-state index in [9.17, 15) is 0 Å². The summed E-state index contributed by atoms with van der Waals surface area (Å²) >= 11 is 12.1. The van der Waals surface area contributed by atoms with Crippen molar-refractivity contribution in [3.8, 4) is 0 Å². The summed E-state index contributed by atoms with van der Waals surface area (Å²) in [6, 6.07) is 5.67. The quantitative estimate of drug-likeness (QED) is 0.712. The van der Waals surface area contributed by atoms with Gasteiger partial charge in [-0.25, -0.2) is 0 Å². The summed E-state index contributed by atoms with van der Waals surface area (Å²) in [5, 5.41) is 1.58. The molecule has 76 valence electrons. The number of hydrogen-bond donors (Lipinski definition) is 0. The average Bonchev–Trinajstić information content (AvgIpc) is 2.23. The molecule has 1 aliphatic rings. The second kappa shape index (κ2) is 4.52. The highest BCUT2D eigenvalue weighted by atomic mass is 35.5. The van der Waals surface area contributed by atoms with Gasteiger partial charge < -0.3 is 4.74 Å². The van der Waals surface area contributed by atoms with Crippen molar-refractivity contribution >= 4 is 23.2 Å². The molecule has 1 saturated heterocycles. The molecular weight excluding hydrogens is 219 g/mol. The Morgan fingerprint density at radius 3 is 2.57 bits per heavy atom. The zero-order valence-corrected chi connectivity index (χ0v) is 9.31. The molecule has 0 amide bonds. The van der Waals surface area contributed by atoms with Gasteiger partial charge in [0.05, 0.1) is 0 Å². The van der Waals surface area contributed by atoms with Crippen LogP contribution >= 0.6 is 23.2 Å². The lowest BCUT2D eigenvalue weighted by molar-refractivity contribution is 0.0853. The van der Waals surface area contributed by atoms with Crippen LogP contribution in [0.3, 0.4) is 0 Å². The highest BCUT2D eigenvalue weighted by Gasteiger charge is 2.18. The van der Waals surface area contributed by atoms with Crippen molar-refractivity contribution in [3.63, 3.8) is 0 Å². The molecule has 14 heavy (non-hydrogen) atoms. The number of halogens is 2. The van der Waals surface area contributed by atoms with Crippen molar-refractivity contribution in [2.24, 2.45) is 0 Å². The molecule has 0 bridgehead atoms. The third kappa shape index (κ3) is 2.22. The maximum Gasteiger partial charge on any atom is 0.0471 e. The van der Waals surface area contributed by atoms with Gasteiger partial charge in [0, 0.05) is 23.3 Å². The van der Waals surface area contributed by atoms with E-state index >= 15 is 0 Å². The molecule has 0 atom stereocenters. The van der Waals surface area contributed by atoms with Crippen LogP contribution in [0.4, 0.5) is 0 Å². The zero-order chi connectivity index (χ0) is 9.97. The predicted octanol–water partition coefficient (Wildman–Crippen LogP) is 3.89. The van der Waals surface area contributed by atoms with E-state index in [1.165, 1.54) is 5.56 Å². The maximum atomic E-state index is 6.13. The summed E-state index contributed by atoms with van der Waals surface area (Å²) in [7, 11) is 0. The van der Waals surface area contributed by atoms with E-state index in [4.69, 9.17) is 27.9 Å². The Labute approximate surface area is 94.0 Å². The van der Waals surface area contributed by atoms with Crippen LogP contribution in [0.25, 0.3) is 0 Å². The molecule has 1 heterocycles. The van der Waals surface area contributed by atoms with Gasteiger partial charge in [-0.15, -0.1) is 0 Å². The molecule has 0 unspecified atom stereocenters. The van der Waals surface area contributed by atoms with E-state index in [1.54, 1.807) is 0 Å². The number of ether oxygens (including phenoxy) is 1. The minimum atomic E-state index is 0.509. The van der Waals surface area contributed by atoms with Gasteiger partial charge in [0.2, 0.25) is 0 Å². The van der Waals surface area contributed by atoms with Crippen molar-refractivity contribution < 1.29 is 4.74 Å². The molecule has 1 aromatic rings. The van der Waals surface area contributed by atoms with Crippen molar-refractivity contribution in [2.75, 3.05) is 13.2 Å². The van der Waals surface area contributed by atoms with Gasteiger partial charge in [0.15, 0.2) is 0 Å². The summed E-state index contributed by atoms with van der Waals surface area (Å²) in [5.41, 5.74) is 1.17. The van der Waals surface area contributed by atoms with Gasteiger partial charge in [0.25, 0.3) is 0 Å². The summed E-state index contributed by atoms with van der Waals surface area (Å²) < 4.78 is 5.32. The van der Waals surface area contributed by atoms with Crippen molar-refractivity contribution in [3.05, 3.63) is 33.8 Å². The lowest BCUT2D eigenvalue weighted by Gasteiger charge is -2.23. The Morgan fingerprint density at radius 2 is 1.86 bits per heavy atom. The standard InChI is InChI=1S/C11H12Cl2O/c12-9-1-2-11(13)10(7-9)8-3-5-14-6-4-8/h1-2,7-8H,3-6H2. The molecule has 0 spiro atoms. The predicted molar refractivity (Wildman–Crippen MR) is 59.3 cm³/mol. The second-order valence-electron chi connectivity index (χ2n) is 3.55. The number of rotatable bonds is 1. The third-order valence-corrected chi connectivity index (χ3v) is 3.20. The molecule has 0 aromatic heterocycles. The highest BCUT2D eigenvalue weighted by Crippen LogP contribution is 2.33. The Morgan fingerprint density at radius 1 is 1.14 bits per heavy atom. The SMILES string of the molecule is Clc1ccc(Cl)c(C2CCOCC2)c1. The maximum absolute atomic E-state index is 6.13. The molecule has 0 N–H and O–H groups in total. The highest BCUT2D eigenvalue weighted by molar-refractivity contribution is 6.33. The normalized spacial score (nSPS) is 18.4. The molecule has 1 aliphatic heterocycles. The van der Waals surface area contributed by atoms with Gasteiger partial charge in [-0.05, 0) is 42.5 Å². The third-order valence-electron chi connectivity index (χ3n) is 2.62. The molecule has 1 aromatic carbocycles. The second-order valence-corrected chi connectivity index (χ2v) is 4.40. The fraction of sp³-hybridized carbons (Fsp3) is 0.455. The molecular formula is C11H12Cl2O. The van der Waals surface area contributed by atoms with Crippen LogP contribution in [-0.2, 0) is 4.74 Å². The minimum absolute atomic E-state index is 0.509. The molecule has 0 saturated carbocycles. The Bertz CT molecular complexity index is 319. The van der Waals surface area contributed by atoms with E-state index in [2.05, 4.69) is 0 Å². The van der Waals surface area contributed by atoms with Crippen LogP contribution in [0.2, 0.25) is 10.0 Å². The zero-order valence-electron chi connectivity index (χ0n) is 7.80. The van der Waals surface area contributed by atoms with Crippen LogP contribution in [0.15, 0.2) is 18.2 Å². The summed E-state index contributed by atoms with van der Waals surface area (Å²) in [4.78, 5) is 0. The number of hydrogen-bond acceptors (Lipinski definition) is 1. The van der Waals surface area contributed by atoms with Crippen LogP contribution in [0.5, 0.6) is 0 Å². The minimum Gasteiger partial charge on any atom is -0.381 e. The first kappa shape index (κ1) is 10.3. The fourth-order valence-electron chi connectivity index (χ4n) is 1.84. The van der Waals surface area contributed by atoms with Gasteiger partial charge in [-0.3, -0.25) is 0 Å². The van der Waals surface area contributed by atoms with E-state index in [0.717, 1.165) is 36.1 Å². The summed E-state index contributed by atoms with van der Waals surface area (Å²) in [5.74, 6) is 0.509. The summed E-state index contributed by atoms with van der Waals surface area (Å²) in [6.07, 6.45) is 2.08. The summed E-state index contributed by atoms with van der Waals surface area (Å²) in [6.45, 7) is 1.65. The molecule has 1 nitrogen and oxygen atoms in total. The van der Waals surface area contributed by atoms with Crippen molar-refractivity contribution in [2.45, 2.75) is 18.8 Å². The smallest absolute Gasteiger partial charge is 0.0471 e. The van der Waals surface area contributed by atoms with Crippen molar-refractivity contribution in [1.29, 1.82) is 0 Å². The molecule has 3 heteroatoms. The average molecular weight is 231 g/mol. The van der Waals surface area contributed by atoms with Crippen LogP contribution in [0.1, 0.15) is 24.3 Å². The van der Waals surface area contributed by atoms with Gasteiger partial charge in [-0.1, -0.05) is 23.2 Å². The van der Waals surface area contributed by atoms with Crippen LogP contribution < -0.4 is 0 Å². The molecule has 0 radical (unpaired) electrons. The first-order valence-electron chi connectivity index (χ1n) is 4.80. The van der Waals surface area contributed by atoms with Crippen LogP contribution in [-0.4, -0.2) is 13.2 Å². The monoisotopic (exact) mass is 230 g/mol. The van der Waals surface area contributed by atoms with E-state index < -0.39 is 0 Å². The van der Waals surface area contributed by atoms with E-state index in [-0.39, 0.29) is 0 Å². The Kier molecular flexibility index (Phi) is 3.32. The topological polar surface area (TPSA) is 9.23 Å². The first-order chi connectivity index (χ1) is 6.77. The van der Waals surface area contributed by atoms with Gasteiger partial charge in [-0.2, -0.15) is 0 Å². The Hall–Kier alpha value is -0.240. The molecule has 2 rings (SSSR count). The number of benzene rings is 1. The molecule has 0 aliphatic carbocycles. The van der Waals surface area contributed by atoms with Crippen molar-refractivity contribution in [1.82, 2.24) is 0 Å². The van der Waals surface area contributed by atoms with E-state index in [0.29, 0.717) is 5.92 Å². The molecule has 1 fully saturated rings. The largest absolute Gasteiger partial charge is 0.381 e. The fourth-order valence-corrected chi connectivity index (χ4v) is 2.29. The van der Waals surface area contributed by atoms with E-state index in [1.807, 2.05) is 18.2 Å². The lowest BCUT2D eigenvalue weighted by atomic mass is 9.92. The van der Waals surface area contributed by atoms with Crippen LogP contribution in [0, 0.1) is 0 Å². The lowest BCUT2D eigenvalue weighted by Crippen LogP contribution is -2.14. The van der Waals surface area contributed by atoms with Gasteiger partial charge in [0.1, 0.15) is 0 Å².